The third-order valence-corrected chi connectivity index (χ3v) is 3.19. The molecule has 11 heavy (non-hydrogen) atoms. The summed E-state index contributed by atoms with van der Waals surface area (Å²) < 4.78 is 5.26. The van der Waals surface area contributed by atoms with Crippen molar-refractivity contribution in [2.45, 2.75) is 39.2 Å². The first-order valence-corrected chi connectivity index (χ1v) is 4.33. The highest BCUT2D eigenvalue weighted by Gasteiger charge is 2.50. The van der Waals surface area contributed by atoms with Crippen molar-refractivity contribution in [3.8, 4) is 0 Å². The second-order valence-electron chi connectivity index (χ2n) is 4.22. The predicted molar refractivity (Wildman–Crippen MR) is 41.0 cm³/mol. The normalized spacial score (nSPS) is 49.1. The molecule has 2 aliphatic rings. The molecule has 0 N–H and O–H groups in total. The van der Waals surface area contributed by atoms with Gasteiger partial charge >= 0.3 is 5.97 Å². The predicted octanol–water partition coefficient (Wildman–Crippen LogP) is 1.74. The largest absolute Gasteiger partial charge is 0.462 e. The van der Waals surface area contributed by atoms with Crippen LogP contribution in [0.15, 0.2) is 0 Å². The molecule has 1 aliphatic carbocycles. The summed E-state index contributed by atoms with van der Waals surface area (Å²) in [4.78, 5) is 11.3. The SMILES string of the molecule is CC1CC[C@]2(C)CC1OC2=O. The zero-order valence-electron chi connectivity index (χ0n) is 7.09. The van der Waals surface area contributed by atoms with E-state index >= 15 is 0 Å². The van der Waals surface area contributed by atoms with Gasteiger partial charge in [-0.05, 0) is 25.7 Å². The van der Waals surface area contributed by atoms with Crippen LogP contribution in [0.4, 0.5) is 0 Å². The smallest absolute Gasteiger partial charge is 0.312 e. The summed E-state index contributed by atoms with van der Waals surface area (Å²) in [5, 5.41) is 0. The summed E-state index contributed by atoms with van der Waals surface area (Å²) >= 11 is 0. The number of hydrogen-bond acceptors (Lipinski definition) is 2. The summed E-state index contributed by atoms with van der Waals surface area (Å²) in [7, 11) is 0. The van der Waals surface area contributed by atoms with E-state index in [-0.39, 0.29) is 17.5 Å². The Morgan fingerprint density at radius 2 is 2.36 bits per heavy atom. The maximum absolute atomic E-state index is 11.3. The number of carbonyl (C=O) groups excluding carboxylic acids is 1. The van der Waals surface area contributed by atoms with Crippen LogP contribution in [-0.4, -0.2) is 12.1 Å². The summed E-state index contributed by atoms with van der Waals surface area (Å²) in [6, 6.07) is 0. The summed E-state index contributed by atoms with van der Waals surface area (Å²) in [6.07, 6.45) is 3.34. The first-order chi connectivity index (χ1) is 5.12. The average molecular weight is 154 g/mol. The molecule has 1 aliphatic heterocycles. The molecular weight excluding hydrogens is 140 g/mol. The minimum atomic E-state index is -0.128. The molecule has 3 atom stereocenters. The van der Waals surface area contributed by atoms with Crippen molar-refractivity contribution >= 4 is 5.97 Å². The molecule has 2 rings (SSSR count). The number of rotatable bonds is 0. The van der Waals surface area contributed by atoms with Gasteiger partial charge in [0.05, 0.1) is 5.41 Å². The Bertz CT molecular complexity index is 200. The number of carbonyl (C=O) groups is 1. The van der Waals surface area contributed by atoms with Gasteiger partial charge in [-0.3, -0.25) is 4.79 Å². The molecule has 2 nitrogen and oxygen atoms in total. The maximum atomic E-state index is 11.3. The highest BCUT2D eigenvalue weighted by Crippen LogP contribution is 2.46. The van der Waals surface area contributed by atoms with Crippen LogP contribution in [0.2, 0.25) is 0 Å². The third-order valence-electron chi connectivity index (χ3n) is 3.19. The fourth-order valence-electron chi connectivity index (χ4n) is 2.10. The van der Waals surface area contributed by atoms with E-state index in [1.54, 1.807) is 0 Å². The molecule has 0 radical (unpaired) electrons. The summed E-state index contributed by atoms with van der Waals surface area (Å²) in [5.41, 5.74) is -0.128. The monoisotopic (exact) mass is 154 g/mol. The van der Waals surface area contributed by atoms with Crippen molar-refractivity contribution in [1.82, 2.24) is 0 Å². The van der Waals surface area contributed by atoms with Crippen LogP contribution >= 0.6 is 0 Å². The number of hydrogen-bond donors (Lipinski definition) is 0. The average Bonchev–Trinajstić information content (AvgIpc) is 2.20. The van der Waals surface area contributed by atoms with Crippen molar-refractivity contribution in [2.75, 3.05) is 0 Å². The van der Waals surface area contributed by atoms with Gasteiger partial charge in [0.1, 0.15) is 6.10 Å². The van der Waals surface area contributed by atoms with Crippen molar-refractivity contribution in [2.24, 2.45) is 11.3 Å². The van der Waals surface area contributed by atoms with Crippen LogP contribution in [0.1, 0.15) is 33.1 Å². The molecule has 0 aromatic carbocycles. The zero-order valence-corrected chi connectivity index (χ0v) is 7.09. The van der Waals surface area contributed by atoms with Crippen LogP contribution in [0.5, 0.6) is 0 Å². The Kier molecular flexibility index (Phi) is 1.29. The lowest BCUT2D eigenvalue weighted by Gasteiger charge is -2.27. The van der Waals surface area contributed by atoms with Gasteiger partial charge in [0.25, 0.3) is 0 Å². The molecule has 1 saturated carbocycles. The van der Waals surface area contributed by atoms with Gasteiger partial charge in [-0.15, -0.1) is 0 Å². The summed E-state index contributed by atoms with van der Waals surface area (Å²) in [5.74, 6) is 0.612. The highest BCUT2D eigenvalue weighted by molar-refractivity contribution is 5.79. The minimum Gasteiger partial charge on any atom is -0.462 e. The van der Waals surface area contributed by atoms with Crippen molar-refractivity contribution < 1.29 is 9.53 Å². The first kappa shape index (κ1) is 7.14. The van der Waals surface area contributed by atoms with E-state index in [9.17, 15) is 4.79 Å². The second-order valence-corrected chi connectivity index (χ2v) is 4.22. The van der Waals surface area contributed by atoms with E-state index in [4.69, 9.17) is 4.74 Å². The molecule has 1 saturated heterocycles. The van der Waals surface area contributed by atoms with Gasteiger partial charge in [-0.25, -0.2) is 0 Å². The topological polar surface area (TPSA) is 26.3 Å². The van der Waals surface area contributed by atoms with Crippen LogP contribution < -0.4 is 0 Å². The van der Waals surface area contributed by atoms with Crippen molar-refractivity contribution in [3.05, 3.63) is 0 Å². The Labute approximate surface area is 66.9 Å². The maximum Gasteiger partial charge on any atom is 0.312 e. The Hall–Kier alpha value is -0.530. The van der Waals surface area contributed by atoms with Gasteiger partial charge < -0.3 is 4.74 Å². The molecule has 2 fully saturated rings. The third kappa shape index (κ3) is 0.883. The van der Waals surface area contributed by atoms with Crippen LogP contribution in [0.3, 0.4) is 0 Å². The minimum absolute atomic E-state index is 0.0341. The molecule has 2 bridgehead atoms. The van der Waals surface area contributed by atoms with Crippen LogP contribution in [0, 0.1) is 11.3 Å². The lowest BCUT2D eigenvalue weighted by Crippen LogP contribution is -2.27. The first-order valence-electron chi connectivity index (χ1n) is 4.33. The molecule has 0 amide bonds. The Balaban J connectivity index is 2.24. The second kappa shape index (κ2) is 1.99. The lowest BCUT2D eigenvalue weighted by atomic mass is 9.73. The van der Waals surface area contributed by atoms with Crippen LogP contribution in [-0.2, 0) is 9.53 Å². The van der Waals surface area contributed by atoms with E-state index in [1.807, 2.05) is 6.92 Å². The molecule has 1 heterocycles. The van der Waals surface area contributed by atoms with Crippen molar-refractivity contribution in [1.29, 1.82) is 0 Å². The number of esters is 1. The molecule has 0 aromatic heterocycles. The van der Waals surface area contributed by atoms with Gasteiger partial charge in [-0.2, -0.15) is 0 Å². The molecule has 2 heteroatoms. The van der Waals surface area contributed by atoms with E-state index < -0.39 is 0 Å². The van der Waals surface area contributed by atoms with Gasteiger partial charge in [0.2, 0.25) is 0 Å². The quantitative estimate of drug-likeness (QED) is 0.497. The van der Waals surface area contributed by atoms with E-state index in [1.165, 1.54) is 0 Å². The fraction of sp³-hybridized carbons (Fsp3) is 0.889. The molecule has 62 valence electrons. The van der Waals surface area contributed by atoms with Gasteiger partial charge in [-0.1, -0.05) is 6.92 Å². The zero-order chi connectivity index (χ0) is 8.06. The van der Waals surface area contributed by atoms with Gasteiger partial charge in [0.15, 0.2) is 0 Å². The highest BCUT2D eigenvalue weighted by atomic mass is 16.6. The van der Waals surface area contributed by atoms with Crippen molar-refractivity contribution in [3.63, 3.8) is 0 Å². The lowest BCUT2D eigenvalue weighted by molar-refractivity contribution is -0.147. The van der Waals surface area contributed by atoms with E-state index in [0.717, 1.165) is 19.3 Å². The Morgan fingerprint density at radius 3 is 3.00 bits per heavy atom. The van der Waals surface area contributed by atoms with Crippen LogP contribution in [0.25, 0.3) is 0 Å². The molecule has 0 aromatic rings. The standard InChI is InChI=1S/C9H14O2/c1-6-3-4-9(2)5-7(6)11-8(9)10/h6-7H,3-5H2,1-2H3/t6?,7?,9-/m1/s1. The molecule has 0 spiro atoms. The Morgan fingerprint density at radius 1 is 1.64 bits per heavy atom. The molecular formula is C9H14O2. The van der Waals surface area contributed by atoms with E-state index in [0.29, 0.717) is 5.92 Å². The van der Waals surface area contributed by atoms with Gasteiger partial charge in [0, 0.05) is 6.42 Å². The fourth-order valence-corrected chi connectivity index (χ4v) is 2.10. The summed E-state index contributed by atoms with van der Waals surface area (Å²) in [6.45, 7) is 4.20. The number of ether oxygens (including phenoxy) is 1. The molecule has 2 unspecified atom stereocenters. The van der Waals surface area contributed by atoms with E-state index in [2.05, 4.69) is 6.92 Å². The number of fused-ring (bicyclic) bond motifs is 2.